The van der Waals surface area contributed by atoms with Crippen LogP contribution in [0, 0.1) is 24.2 Å². The average Bonchev–Trinajstić information content (AvgIpc) is 3.16. The van der Waals surface area contributed by atoms with Crippen LogP contribution in [0.2, 0.25) is 0 Å². The minimum atomic E-state index is -3.72. The summed E-state index contributed by atoms with van der Waals surface area (Å²) in [6.07, 6.45) is 5.30. The van der Waals surface area contributed by atoms with Crippen molar-refractivity contribution in [3.05, 3.63) is 40.4 Å². The van der Waals surface area contributed by atoms with Gasteiger partial charge in [-0.3, -0.25) is 0 Å². The molecular weight excluding hydrogens is 406 g/mol. The van der Waals surface area contributed by atoms with Crippen LogP contribution in [-0.2, 0) is 14.8 Å². The van der Waals surface area contributed by atoms with E-state index in [1.807, 2.05) is 19.1 Å². The molecule has 1 unspecified atom stereocenters. The number of sulfonamides is 1. The van der Waals surface area contributed by atoms with E-state index < -0.39 is 16.1 Å². The maximum Gasteiger partial charge on any atom is 0.253 e. The molecule has 2 fully saturated rings. The minimum Gasteiger partial charge on any atom is -0.378 e. The Labute approximate surface area is 177 Å². The maximum absolute atomic E-state index is 13.6. The molecule has 1 saturated heterocycles. The first-order chi connectivity index (χ1) is 14.0. The summed E-state index contributed by atoms with van der Waals surface area (Å²) in [6.45, 7) is 4.51. The molecule has 0 spiro atoms. The zero-order valence-electron chi connectivity index (χ0n) is 16.7. The Morgan fingerprint density at radius 2 is 1.76 bits per heavy atom. The number of ether oxygens (including phenoxy) is 1. The van der Waals surface area contributed by atoms with E-state index in [9.17, 15) is 13.7 Å². The highest BCUT2D eigenvalue weighted by Crippen LogP contribution is 2.48. The highest BCUT2D eigenvalue weighted by molar-refractivity contribution is 8.11. The van der Waals surface area contributed by atoms with Crippen LogP contribution in [-0.4, -0.2) is 49.4 Å². The van der Waals surface area contributed by atoms with Gasteiger partial charge in [0.15, 0.2) is 0 Å². The van der Waals surface area contributed by atoms with E-state index in [0.29, 0.717) is 31.9 Å². The molecule has 2 aliphatic heterocycles. The summed E-state index contributed by atoms with van der Waals surface area (Å²) in [7, 11) is -3.72. The fourth-order valence-corrected chi connectivity index (χ4v) is 7.65. The van der Waals surface area contributed by atoms with Crippen LogP contribution in [0.4, 0.5) is 0 Å². The lowest BCUT2D eigenvalue weighted by Crippen LogP contribution is -2.39. The highest BCUT2D eigenvalue weighted by atomic mass is 32.3. The number of hydrogen-bond acceptors (Lipinski definition) is 6. The Morgan fingerprint density at radius 3 is 2.38 bits per heavy atom. The van der Waals surface area contributed by atoms with Gasteiger partial charge in [0.05, 0.1) is 35.8 Å². The molecule has 8 heteroatoms. The summed E-state index contributed by atoms with van der Waals surface area (Å²) in [5, 5.41) is 10.9. The summed E-state index contributed by atoms with van der Waals surface area (Å²) in [5.74, 6) is 0.185. The molecule has 3 aliphatic rings. The van der Waals surface area contributed by atoms with E-state index in [4.69, 9.17) is 4.74 Å². The zero-order valence-corrected chi connectivity index (χ0v) is 18.3. The second-order valence-electron chi connectivity index (χ2n) is 7.94. The molecule has 0 amide bonds. The lowest BCUT2D eigenvalue weighted by atomic mass is 9.82. The van der Waals surface area contributed by atoms with Gasteiger partial charge < -0.3 is 9.64 Å². The molecule has 1 saturated carbocycles. The van der Waals surface area contributed by atoms with E-state index in [-0.39, 0.29) is 10.8 Å². The molecule has 1 atom stereocenters. The van der Waals surface area contributed by atoms with Crippen molar-refractivity contribution in [2.24, 2.45) is 5.92 Å². The van der Waals surface area contributed by atoms with Gasteiger partial charge >= 0.3 is 0 Å². The predicted octanol–water partition coefficient (Wildman–Crippen LogP) is 3.66. The SMILES string of the molecule is Cc1ccc(S(=O)(=O)N2SC(N3CCOCC3)=C(C#N)C2C2CCCCC2)cc1. The zero-order chi connectivity index (χ0) is 20.4. The smallest absolute Gasteiger partial charge is 0.253 e. The summed E-state index contributed by atoms with van der Waals surface area (Å²) < 4.78 is 34.2. The van der Waals surface area contributed by atoms with Crippen molar-refractivity contribution in [2.75, 3.05) is 26.3 Å². The number of nitrogens with zero attached hydrogens (tertiary/aromatic N) is 3. The molecule has 1 aliphatic carbocycles. The van der Waals surface area contributed by atoms with Gasteiger partial charge in [0.2, 0.25) is 0 Å². The minimum absolute atomic E-state index is 0.185. The van der Waals surface area contributed by atoms with Gasteiger partial charge in [-0.15, -0.1) is 3.71 Å². The summed E-state index contributed by atoms with van der Waals surface area (Å²) in [4.78, 5) is 2.41. The van der Waals surface area contributed by atoms with Crippen molar-refractivity contribution in [3.63, 3.8) is 0 Å². The van der Waals surface area contributed by atoms with Crippen molar-refractivity contribution in [1.82, 2.24) is 8.61 Å². The van der Waals surface area contributed by atoms with Crippen LogP contribution < -0.4 is 0 Å². The molecule has 0 N–H and O–H groups in total. The third kappa shape index (κ3) is 4.06. The Hall–Kier alpha value is -1.53. The first-order valence-corrected chi connectivity index (χ1v) is 12.5. The number of aryl methyl sites for hydroxylation is 1. The monoisotopic (exact) mass is 433 g/mol. The van der Waals surface area contributed by atoms with Crippen LogP contribution in [0.3, 0.4) is 0 Å². The van der Waals surface area contributed by atoms with Crippen molar-refractivity contribution < 1.29 is 13.2 Å². The van der Waals surface area contributed by atoms with Crippen LogP contribution >= 0.6 is 11.9 Å². The Morgan fingerprint density at radius 1 is 1.10 bits per heavy atom. The second kappa shape index (κ2) is 8.68. The van der Waals surface area contributed by atoms with Gasteiger partial charge in [0.25, 0.3) is 10.0 Å². The molecule has 1 aromatic rings. The van der Waals surface area contributed by atoms with Crippen molar-refractivity contribution in [1.29, 1.82) is 5.26 Å². The maximum atomic E-state index is 13.6. The van der Waals surface area contributed by atoms with E-state index in [2.05, 4.69) is 11.0 Å². The quantitative estimate of drug-likeness (QED) is 0.675. The third-order valence-corrected chi connectivity index (χ3v) is 9.44. The molecule has 2 heterocycles. The Balaban J connectivity index is 1.74. The summed E-state index contributed by atoms with van der Waals surface area (Å²) >= 11 is 1.23. The molecule has 156 valence electrons. The van der Waals surface area contributed by atoms with Gasteiger partial charge in [-0.05, 0) is 49.8 Å². The van der Waals surface area contributed by atoms with E-state index >= 15 is 0 Å². The van der Waals surface area contributed by atoms with E-state index in [1.165, 1.54) is 22.1 Å². The largest absolute Gasteiger partial charge is 0.378 e. The summed E-state index contributed by atoms with van der Waals surface area (Å²) in [5.41, 5.74) is 1.63. The normalized spacial score (nSPS) is 24.7. The molecule has 0 aromatic heterocycles. The second-order valence-corrected chi connectivity index (χ2v) is 10.9. The van der Waals surface area contributed by atoms with Crippen LogP contribution in [0.25, 0.3) is 0 Å². The Bertz CT molecular complexity index is 909. The molecular formula is C21H27N3O3S2. The van der Waals surface area contributed by atoms with E-state index in [0.717, 1.165) is 36.3 Å². The molecule has 0 bridgehead atoms. The number of hydrogen-bond donors (Lipinski definition) is 0. The van der Waals surface area contributed by atoms with Gasteiger partial charge in [0, 0.05) is 13.1 Å². The lowest BCUT2D eigenvalue weighted by molar-refractivity contribution is 0.0574. The standard InChI is InChI=1S/C21H27N3O3S2/c1-16-7-9-18(10-8-16)29(25,26)24-20(17-5-3-2-4-6-17)19(15-22)21(28-24)23-11-13-27-14-12-23/h7-10,17,20H,2-6,11-14H2,1H3. The lowest BCUT2D eigenvalue weighted by Gasteiger charge is -2.32. The molecule has 1 aromatic carbocycles. The van der Waals surface area contributed by atoms with Gasteiger partial charge in [-0.2, -0.15) is 5.26 Å². The summed E-state index contributed by atoms with van der Waals surface area (Å²) in [6, 6.07) is 8.98. The predicted molar refractivity (Wildman–Crippen MR) is 113 cm³/mol. The molecule has 4 rings (SSSR count). The van der Waals surface area contributed by atoms with Crippen LogP contribution in [0.15, 0.2) is 39.8 Å². The number of morpholine rings is 1. The fourth-order valence-electron chi connectivity index (χ4n) is 4.40. The van der Waals surface area contributed by atoms with Gasteiger partial charge in [0.1, 0.15) is 5.03 Å². The van der Waals surface area contributed by atoms with Crippen molar-refractivity contribution in [2.45, 2.75) is 50.0 Å². The topological polar surface area (TPSA) is 73.6 Å². The average molecular weight is 434 g/mol. The van der Waals surface area contributed by atoms with Crippen LogP contribution in [0.5, 0.6) is 0 Å². The van der Waals surface area contributed by atoms with Crippen molar-refractivity contribution in [3.8, 4) is 6.07 Å². The fraction of sp³-hybridized carbons (Fsp3) is 0.571. The molecule has 29 heavy (non-hydrogen) atoms. The highest BCUT2D eigenvalue weighted by Gasteiger charge is 2.47. The first-order valence-electron chi connectivity index (χ1n) is 10.3. The number of benzene rings is 1. The van der Waals surface area contributed by atoms with E-state index in [1.54, 1.807) is 12.1 Å². The van der Waals surface area contributed by atoms with Gasteiger partial charge in [-0.25, -0.2) is 8.42 Å². The van der Waals surface area contributed by atoms with Crippen LogP contribution in [0.1, 0.15) is 37.7 Å². The molecule has 6 nitrogen and oxygen atoms in total. The Kier molecular flexibility index (Phi) is 6.21. The number of nitriles is 1. The number of rotatable bonds is 4. The molecule has 0 radical (unpaired) electrons. The first kappa shape index (κ1) is 20.7. The third-order valence-electron chi connectivity index (χ3n) is 6.00. The van der Waals surface area contributed by atoms with Gasteiger partial charge in [-0.1, -0.05) is 37.0 Å². The van der Waals surface area contributed by atoms with Crippen molar-refractivity contribution >= 4 is 22.0 Å².